The lowest BCUT2D eigenvalue weighted by atomic mass is 10.1. The van der Waals surface area contributed by atoms with E-state index in [0.717, 1.165) is 16.8 Å². The molecule has 0 saturated heterocycles. The Bertz CT molecular complexity index is 921. The summed E-state index contributed by atoms with van der Waals surface area (Å²) in [5.41, 5.74) is 4.01. The van der Waals surface area contributed by atoms with E-state index < -0.39 is 0 Å². The summed E-state index contributed by atoms with van der Waals surface area (Å²) in [6, 6.07) is 9.55. The Morgan fingerprint density at radius 2 is 1.96 bits per heavy atom. The standard InChI is InChI=1S/C19H19N3O2S/c1-11-7-8-12(2)14(10-11)21-18(23)16-13(3)20-17(22-19(16)25-4)15-6-5-9-24-15/h5-10H,1-4H3,(H,21,23). The van der Waals surface area contributed by atoms with Gasteiger partial charge in [0, 0.05) is 5.69 Å². The van der Waals surface area contributed by atoms with Gasteiger partial charge in [-0.3, -0.25) is 4.79 Å². The van der Waals surface area contributed by atoms with Gasteiger partial charge in [-0.2, -0.15) is 0 Å². The minimum Gasteiger partial charge on any atom is -0.461 e. The number of hydrogen-bond acceptors (Lipinski definition) is 5. The molecule has 3 aromatic rings. The van der Waals surface area contributed by atoms with Crippen LogP contribution in [0.1, 0.15) is 27.2 Å². The normalized spacial score (nSPS) is 10.7. The Kier molecular flexibility index (Phi) is 4.90. The van der Waals surface area contributed by atoms with Gasteiger partial charge in [0.05, 0.1) is 17.5 Å². The lowest BCUT2D eigenvalue weighted by Crippen LogP contribution is -2.17. The fraction of sp³-hybridized carbons (Fsp3) is 0.211. The number of carbonyl (C=O) groups is 1. The molecule has 0 atom stereocenters. The number of anilines is 1. The van der Waals surface area contributed by atoms with Crippen molar-refractivity contribution in [1.82, 2.24) is 9.97 Å². The Balaban J connectivity index is 1.98. The van der Waals surface area contributed by atoms with Crippen molar-refractivity contribution in [2.24, 2.45) is 0 Å². The number of thioether (sulfide) groups is 1. The van der Waals surface area contributed by atoms with E-state index in [1.54, 1.807) is 18.4 Å². The predicted octanol–water partition coefficient (Wildman–Crippen LogP) is 4.64. The van der Waals surface area contributed by atoms with Crippen molar-refractivity contribution in [3.8, 4) is 11.6 Å². The van der Waals surface area contributed by atoms with Gasteiger partial charge in [0.15, 0.2) is 11.6 Å². The van der Waals surface area contributed by atoms with Gasteiger partial charge in [-0.05, 0) is 56.4 Å². The molecule has 128 valence electrons. The second-order valence-corrected chi connectivity index (χ2v) is 6.56. The lowest BCUT2D eigenvalue weighted by molar-refractivity contribution is 0.102. The smallest absolute Gasteiger partial charge is 0.260 e. The summed E-state index contributed by atoms with van der Waals surface area (Å²) >= 11 is 1.41. The Morgan fingerprint density at radius 1 is 1.16 bits per heavy atom. The highest BCUT2D eigenvalue weighted by Crippen LogP contribution is 2.26. The molecule has 5 nitrogen and oxygen atoms in total. The molecule has 0 aliphatic carbocycles. The van der Waals surface area contributed by atoms with Crippen molar-refractivity contribution in [3.05, 3.63) is 59.0 Å². The molecule has 3 rings (SSSR count). The van der Waals surface area contributed by atoms with Crippen LogP contribution in [-0.4, -0.2) is 22.1 Å². The van der Waals surface area contributed by atoms with Crippen LogP contribution in [0.5, 0.6) is 0 Å². The molecule has 2 aromatic heterocycles. The first-order chi connectivity index (χ1) is 12.0. The Labute approximate surface area is 150 Å². The first kappa shape index (κ1) is 17.2. The zero-order valence-electron chi connectivity index (χ0n) is 14.6. The molecule has 0 radical (unpaired) electrons. The van der Waals surface area contributed by atoms with Crippen LogP contribution in [-0.2, 0) is 0 Å². The van der Waals surface area contributed by atoms with Crippen LogP contribution in [0.4, 0.5) is 5.69 Å². The molecule has 0 unspecified atom stereocenters. The molecule has 0 bridgehead atoms. The van der Waals surface area contributed by atoms with Gasteiger partial charge in [-0.15, -0.1) is 11.8 Å². The van der Waals surface area contributed by atoms with E-state index in [4.69, 9.17) is 4.42 Å². The number of aryl methyl sites for hydroxylation is 3. The number of rotatable bonds is 4. The highest BCUT2D eigenvalue weighted by Gasteiger charge is 2.20. The van der Waals surface area contributed by atoms with Gasteiger partial charge in [0.1, 0.15) is 5.03 Å². The van der Waals surface area contributed by atoms with Crippen LogP contribution in [0.25, 0.3) is 11.6 Å². The van der Waals surface area contributed by atoms with Crippen molar-refractivity contribution in [2.75, 3.05) is 11.6 Å². The Morgan fingerprint density at radius 3 is 2.64 bits per heavy atom. The van der Waals surface area contributed by atoms with E-state index in [1.807, 2.05) is 45.2 Å². The number of furan rings is 1. The summed E-state index contributed by atoms with van der Waals surface area (Å²) in [6.07, 6.45) is 3.47. The molecule has 0 aliphatic heterocycles. The van der Waals surface area contributed by atoms with Crippen molar-refractivity contribution in [1.29, 1.82) is 0 Å². The van der Waals surface area contributed by atoms with Crippen molar-refractivity contribution in [3.63, 3.8) is 0 Å². The summed E-state index contributed by atoms with van der Waals surface area (Å²) in [5, 5.41) is 3.61. The molecular weight excluding hydrogens is 334 g/mol. The number of carbonyl (C=O) groups excluding carboxylic acids is 1. The maximum absolute atomic E-state index is 12.8. The number of hydrogen-bond donors (Lipinski definition) is 1. The van der Waals surface area contributed by atoms with Crippen molar-refractivity contribution < 1.29 is 9.21 Å². The molecule has 1 amide bonds. The van der Waals surface area contributed by atoms with E-state index in [2.05, 4.69) is 15.3 Å². The monoisotopic (exact) mass is 353 g/mol. The van der Waals surface area contributed by atoms with Crippen LogP contribution >= 0.6 is 11.8 Å². The second kappa shape index (κ2) is 7.11. The summed E-state index contributed by atoms with van der Waals surface area (Å²) in [5.74, 6) is 0.858. The third-order valence-electron chi connectivity index (χ3n) is 3.86. The van der Waals surface area contributed by atoms with E-state index in [0.29, 0.717) is 27.9 Å². The quantitative estimate of drug-likeness (QED) is 0.547. The molecule has 0 fully saturated rings. The molecule has 2 heterocycles. The fourth-order valence-electron chi connectivity index (χ4n) is 2.53. The minimum atomic E-state index is -0.207. The number of nitrogens with one attached hydrogen (secondary N) is 1. The topological polar surface area (TPSA) is 68.0 Å². The van der Waals surface area contributed by atoms with Gasteiger partial charge in [0.25, 0.3) is 5.91 Å². The molecule has 1 N–H and O–H groups in total. The zero-order chi connectivity index (χ0) is 18.0. The predicted molar refractivity (Wildman–Crippen MR) is 100 cm³/mol. The van der Waals surface area contributed by atoms with Crippen molar-refractivity contribution in [2.45, 2.75) is 25.8 Å². The largest absolute Gasteiger partial charge is 0.461 e. The SMILES string of the molecule is CSc1nc(-c2ccco2)nc(C)c1C(=O)Nc1cc(C)ccc1C. The average Bonchev–Trinajstić information content (AvgIpc) is 3.11. The molecule has 6 heteroatoms. The molecule has 25 heavy (non-hydrogen) atoms. The fourth-order valence-corrected chi connectivity index (χ4v) is 3.15. The summed E-state index contributed by atoms with van der Waals surface area (Å²) in [4.78, 5) is 21.8. The first-order valence-electron chi connectivity index (χ1n) is 7.84. The highest BCUT2D eigenvalue weighted by atomic mass is 32.2. The second-order valence-electron chi connectivity index (χ2n) is 5.77. The molecule has 0 aliphatic rings. The maximum Gasteiger partial charge on any atom is 0.260 e. The summed E-state index contributed by atoms with van der Waals surface area (Å²) in [7, 11) is 0. The van der Waals surface area contributed by atoms with E-state index >= 15 is 0 Å². The average molecular weight is 353 g/mol. The summed E-state index contributed by atoms with van der Waals surface area (Å²) in [6.45, 7) is 5.77. The van der Waals surface area contributed by atoms with Gasteiger partial charge >= 0.3 is 0 Å². The molecule has 1 aromatic carbocycles. The zero-order valence-corrected chi connectivity index (χ0v) is 15.4. The van der Waals surface area contributed by atoms with E-state index in [-0.39, 0.29) is 5.91 Å². The van der Waals surface area contributed by atoms with Gasteiger partial charge in [0.2, 0.25) is 0 Å². The molecular formula is C19H19N3O2S. The first-order valence-corrected chi connectivity index (χ1v) is 9.07. The van der Waals surface area contributed by atoms with Gasteiger partial charge in [-0.25, -0.2) is 9.97 Å². The third kappa shape index (κ3) is 3.58. The van der Waals surface area contributed by atoms with Crippen molar-refractivity contribution >= 4 is 23.4 Å². The molecule has 0 spiro atoms. The number of benzene rings is 1. The third-order valence-corrected chi connectivity index (χ3v) is 4.54. The maximum atomic E-state index is 12.8. The van der Waals surface area contributed by atoms with Crippen LogP contribution in [0.3, 0.4) is 0 Å². The lowest BCUT2D eigenvalue weighted by Gasteiger charge is -2.13. The summed E-state index contributed by atoms with van der Waals surface area (Å²) < 4.78 is 5.36. The number of amides is 1. The minimum absolute atomic E-state index is 0.207. The number of nitrogens with zero attached hydrogens (tertiary/aromatic N) is 2. The van der Waals surface area contributed by atoms with Gasteiger partial charge in [-0.1, -0.05) is 12.1 Å². The number of aromatic nitrogens is 2. The highest BCUT2D eigenvalue weighted by molar-refractivity contribution is 7.98. The van der Waals surface area contributed by atoms with Crippen LogP contribution < -0.4 is 5.32 Å². The Hall–Kier alpha value is -2.60. The van der Waals surface area contributed by atoms with Crippen LogP contribution in [0.2, 0.25) is 0 Å². The van der Waals surface area contributed by atoms with Crippen LogP contribution in [0, 0.1) is 20.8 Å². The van der Waals surface area contributed by atoms with E-state index in [9.17, 15) is 4.79 Å². The van der Waals surface area contributed by atoms with Crippen LogP contribution in [0.15, 0.2) is 46.0 Å². The van der Waals surface area contributed by atoms with E-state index in [1.165, 1.54) is 11.8 Å². The molecule has 0 saturated carbocycles. The van der Waals surface area contributed by atoms with Gasteiger partial charge < -0.3 is 9.73 Å².